The lowest BCUT2D eigenvalue weighted by Gasteiger charge is -2.36. The number of nitrogens with zero attached hydrogens (tertiary/aromatic N) is 1. The van der Waals surface area contributed by atoms with E-state index >= 15 is 0 Å². The molecule has 1 heterocycles. The van der Waals surface area contributed by atoms with Gasteiger partial charge >= 0.3 is 0 Å². The van der Waals surface area contributed by atoms with Crippen LogP contribution in [0.2, 0.25) is 0 Å². The molecule has 132 valence electrons. The highest BCUT2D eigenvalue weighted by atomic mass is 16.2. The molecule has 1 saturated heterocycles. The van der Waals surface area contributed by atoms with Crippen molar-refractivity contribution in [3.05, 3.63) is 35.4 Å². The van der Waals surface area contributed by atoms with Gasteiger partial charge in [-0.25, -0.2) is 0 Å². The van der Waals surface area contributed by atoms with Crippen LogP contribution in [0.3, 0.4) is 0 Å². The zero-order valence-corrected chi connectivity index (χ0v) is 15.4. The van der Waals surface area contributed by atoms with Gasteiger partial charge in [-0.1, -0.05) is 45.0 Å². The standard InChI is InChI=1S/C20H30N2O2/c1-15-7-5-6-8-16(15)9-10-18(23)21-17-11-13-22(14-12-17)19(24)20(2,3)4/h5-8,17H,9-14H2,1-4H3,(H,21,23). The van der Waals surface area contributed by atoms with Gasteiger partial charge in [-0.15, -0.1) is 0 Å². The zero-order chi connectivity index (χ0) is 17.7. The number of nitrogens with one attached hydrogen (secondary N) is 1. The Morgan fingerprint density at radius 1 is 1.17 bits per heavy atom. The molecule has 0 saturated carbocycles. The fourth-order valence-electron chi connectivity index (χ4n) is 3.14. The van der Waals surface area contributed by atoms with Gasteiger partial charge in [0.1, 0.15) is 0 Å². The topological polar surface area (TPSA) is 49.4 Å². The number of carbonyl (C=O) groups is 2. The van der Waals surface area contributed by atoms with Crippen molar-refractivity contribution in [2.45, 2.75) is 59.4 Å². The Labute approximate surface area is 145 Å². The first-order valence-corrected chi connectivity index (χ1v) is 8.90. The van der Waals surface area contributed by atoms with Gasteiger partial charge in [0.05, 0.1) is 0 Å². The molecule has 0 atom stereocenters. The van der Waals surface area contributed by atoms with Crippen LogP contribution in [-0.2, 0) is 16.0 Å². The van der Waals surface area contributed by atoms with E-state index in [1.807, 2.05) is 37.8 Å². The second-order valence-electron chi connectivity index (χ2n) is 7.81. The molecule has 24 heavy (non-hydrogen) atoms. The molecule has 4 heteroatoms. The third kappa shape index (κ3) is 5.08. The molecule has 1 aromatic rings. The lowest BCUT2D eigenvalue weighted by Crippen LogP contribution is -2.49. The highest BCUT2D eigenvalue weighted by Crippen LogP contribution is 2.21. The van der Waals surface area contributed by atoms with Crippen LogP contribution in [0, 0.1) is 12.3 Å². The predicted molar refractivity (Wildman–Crippen MR) is 96.7 cm³/mol. The van der Waals surface area contributed by atoms with Gasteiger partial charge in [-0.05, 0) is 37.3 Å². The van der Waals surface area contributed by atoms with Crippen LogP contribution >= 0.6 is 0 Å². The van der Waals surface area contributed by atoms with Gasteiger partial charge < -0.3 is 10.2 Å². The fourth-order valence-corrected chi connectivity index (χ4v) is 3.14. The van der Waals surface area contributed by atoms with Gasteiger partial charge in [0.25, 0.3) is 0 Å². The van der Waals surface area contributed by atoms with Crippen molar-refractivity contribution in [3.8, 4) is 0 Å². The van der Waals surface area contributed by atoms with Crippen LogP contribution in [-0.4, -0.2) is 35.8 Å². The lowest BCUT2D eigenvalue weighted by atomic mass is 9.93. The molecule has 1 aliphatic rings. The Hall–Kier alpha value is -1.84. The van der Waals surface area contributed by atoms with E-state index in [1.54, 1.807) is 0 Å². The number of piperidine rings is 1. The summed E-state index contributed by atoms with van der Waals surface area (Å²) in [7, 11) is 0. The molecule has 0 bridgehead atoms. The SMILES string of the molecule is Cc1ccccc1CCC(=O)NC1CCN(C(=O)C(C)(C)C)CC1. The summed E-state index contributed by atoms with van der Waals surface area (Å²) in [5.41, 5.74) is 2.14. The molecule has 0 aromatic heterocycles. The molecule has 4 nitrogen and oxygen atoms in total. The van der Waals surface area contributed by atoms with E-state index in [0.717, 1.165) is 32.4 Å². The Morgan fingerprint density at radius 3 is 2.38 bits per heavy atom. The molecule has 1 fully saturated rings. The molecule has 0 aliphatic carbocycles. The van der Waals surface area contributed by atoms with E-state index in [9.17, 15) is 9.59 Å². The minimum Gasteiger partial charge on any atom is -0.353 e. The Balaban J connectivity index is 1.74. The predicted octanol–water partition coefficient (Wildman–Crippen LogP) is 3.08. The summed E-state index contributed by atoms with van der Waals surface area (Å²) in [6.07, 6.45) is 2.99. The van der Waals surface area contributed by atoms with E-state index in [-0.39, 0.29) is 23.3 Å². The molecule has 0 radical (unpaired) electrons. The van der Waals surface area contributed by atoms with Gasteiger partial charge in [0.2, 0.25) is 11.8 Å². The fraction of sp³-hybridized carbons (Fsp3) is 0.600. The van der Waals surface area contributed by atoms with Crippen LogP contribution in [0.15, 0.2) is 24.3 Å². The summed E-state index contributed by atoms with van der Waals surface area (Å²) in [5, 5.41) is 3.13. The smallest absolute Gasteiger partial charge is 0.227 e. The van der Waals surface area contributed by atoms with Crippen molar-refractivity contribution >= 4 is 11.8 Å². The van der Waals surface area contributed by atoms with Crippen molar-refractivity contribution in [1.29, 1.82) is 0 Å². The van der Waals surface area contributed by atoms with Crippen LogP contribution in [0.25, 0.3) is 0 Å². The number of likely N-dealkylation sites (tertiary alicyclic amines) is 1. The molecular weight excluding hydrogens is 300 g/mol. The number of rotatable bonds is 4. The monoisotopic (exact) mass is 330 g/mol. The van der Waals surface area contributed by atoms with Crippen LogP contribution in [0.1, 0.15) is 51.2 Å². The highest BCUT2D eigenvalue weighted by molar-refractivity contribution is 5.81. The van der Waals surface area contributed by atoms with Crippen LogP contribution < -0.4 is 5.32 Å². The molecule has 1 N–H and O–H groups in total. The molecule has 1 aliphatic heterocycles. The first-order valence-electron chi connectivity index (χ1n) is 8.90. The van der Waals surface area contributed by atoms with E-state index < -0.39 is 0 Å². The second-order valence-corrected chi connectivity index (χ2v) is 7.81. The van der Waals surface area contributed by atoms with Gasteiger partial charge in [0.15, 0.2) is 0 Å². The molecular formula is C20H30N2O2. The Kier molecular flexibility index (Phi) is 6.03. The molecule has 0 spiro atoms. The number of aryl methyl sites for hydroxylation is 2. The van der Waals surface area contributed by atoms with Crippen LogP contribution in [0.4, 0.5) is 0 Å². The average molecular weight is 330 g/mol. The number of benzene rings is 1. The van der Waals surface area contributed by atoms with Crippen molar-refractivity contribution in [2.75, 3.05) is 13.1 Å². The quantitative estimate of drug-likeness (QED) is 0.922. The van der Waals surface area contributed by atoms with Gasteiger partial charge in [-0.2, -0.15) is 0 Å². The first kappa shape index (κ1) is 18.5. The van der Waals surface area contributed by atoms with Gasteiger partial charge in [0, 0.05) is 31.0 Å². The van der Waals surface area contributed by atoms with Crippen molar-refractivity contribution in [1.82, 2.24) is 10.2 Å². The van der Waals surface area contributed by atoms with Crippen molar-refractivity contribution < 1.29 is 9.59 Å². The number of carbonyl (C=O) groups excluding carboxylic acids is 2. The number of hydrogen-bond donors (Lipinski definition) is 1. The largest absolute Gasteiger partial charge is 0.353 e. The summed E-state index contributed by atoms with van der Waals surface area (Å²) in [5.74, 6) is 0.311. The van der Waals surface area contributed by atoms with E-state index in [2.05, 4.69) is 24.4 Å². The first-order chi connectivity index (χ1) is 11.3. The van der Waals surface area contributed by atoms with Crippen LogP contribution in [0.5, 0.6) is 0 Å². The molecule has 1 aromatic carbocycles. The Bertz CT molecular complexity index is 582. The highest BCUT2D eigenvalue weighted by Gasteiger charge is 2.30. The maximum atomic E-state index is 12.3. The summed E-state index contributed by atoms with van der Waals surface area (Å²) in [4.78, 5) is 26.4. The summed E-state index contributed by atoms with van der Waals surface area (Å²) < 4.78 is 0. The summed E-state index contributed by atoms with van der Waals surface area (Å²) in [6, 6.07) is 8.39. The normalized spacial score (nSPS) is 16.1. The molecule has 2 rings (SSSR count). The van der Waals surface area contributed by atoms with E-state index in [1.165, 1.54) is 11.1 Å². The summed E-state index contributed by atoms with van der Waals surface area (Å²) in [6.45, 7) is 9.41. The Morgan fingerprint density at radius 2 is 1.79 bits per heavy atom. The number of amides is 2. The average Bonchev–Trinajstić information content (AvgIpc) is 2.53. The van der Waals surface area contributed by atoms with Gasteiger partial charge in [-0.3, -0.25) is 9.59 Å². The third-order valence-electron chi connectivity index (χ3n) is 4.67. The third-order valence-corrected chi connectivity index (χ3v) is 4.67. The lowest BCUT2D eigenvalue weighted by molar-refractivity contribution is -0.140. The molecule has 2 amide bonds. The minimum atomic E-state index is -0.330. The summed E-state index contributed by atoms with van der Waals surface area (Å²) >= 11 is 0. The zero-order valence-electron chi connectivity index (χ0n) is 15.4. The molecule has 0 unspecified atom stereocenters. The minimum absolute atomic E-state index is 0.110. The van der Waals surface area contributed by atoms with Crippen molar-refractivity contribution in [2.24, 2.45) is 5.41 Å². The maximum Gasteiger partial charge on any atom is 0.227 e. The van der Waals surface area contributed by atoms with E-state index in [0.29, 0.717) is 6.42 Å². The second kappa shape index (κ2) is 7.82. The van der Waals surface area contributed by atoms with E-state index in [4.69, 9.17) is 0 Å². The van der Waals surface area contributed by atoms with Crippen molar-refractivity contribution in [3.63, 3.8) is 0 Å². The maximum absolute atomic E-state index is 12.3. The number of hydrogen-bond acceptors (Lipinski definition) is 2.